The van der Waals surface area contributed by atoms with Crippen LogP contribution in [0.1, 0.15) is 5.82 Å². The Hall–Kier alpha value is -5.60. The molecule has 0 aliphatic rings. The highest BCUT2D eigenvalue weighted by atomic mass is 79.9. The Morgan fingerprint density at radius 3 is 1.45 bits per heavy atom. The van der Waals surface area contributed by atoms with Gasteiger partial charge in [0, 0.05) is 26.7 Å². The lowest BCUT2D eigenvalue weighted by Crippen LogP contribution is -2.19. The van der Waals surface area contributed by atoms with Crippen LogP contribution in [0, 0.1) is 0 Å². The number of rotatable bonds is 9. The van der Waals surface area contributed by atoms with Crippen LogP contribution in [0.25, 0.3) is 39.7 Å². The molecular formula is C36H26BrN7. The van der Waals surface area contributed by atoms with Crippen molar-refractivity contribution in [3.63, 3.8) is 0 Å². The van der Waals surface area contributed by atoms with Crippen LogP contribution >= 0.6 is 15.9 Å². The standard InChI is InChI=1S/C36H26BrN7/c1-3-14-25(4-2)31-38-32(26-15-8-5-9-16-26)41-35(40-31)44(30-23-21-29(37)22-24-30)36-42-33(27-17-10-6-11-18-27)39-34(43-36)28-19-12-7-13-20-28/h3-24H,1-2H2/b25-14+. The summed E-state index contributed by atoms with van der Waals surface area (Å²) in [7, 11) is 0. The maximum Gasteiger partial charge on any atom is 0.241 e. The average Bonchev–Trinajstić information content (AvgIpc) is 3.09. The Balaban J connectivity index is 1.65. The predicted octanol–water partition coefficient (Wildman–Crippen LogP) is 9.05. The molecule has 2 heterocycles. The number of benzene rings is 4. The maximum absolute atomic E-state index is 4.98. The second-order valence-electron chi connectivity index (χ2n) is 9.54. The van der Waals surface area contributed by atoms with Gasteiger partial charge in [-0.1, -0.05) is 138 Å². The Labute approximate surface area is 264 Å². The van der Waals surface area contributed by atoms with E-state index < -0.39 is 0 Å². The van der Waals surface area contributed by atoms with Gasteiger partial charge in [-0.05, 0) is 24.3 Å². The summed E-state index contributed by atoms with van der Waals surface area (Å²) < 4.78 is 0.927. The van der Waals surface area contributed by atoms with Crippen molar-refractivity contribution in [1.82, 2.24) is 29.9 Å². The van der Waals surface area contributed by atoms with E-state index in [-0.39, 0.29) is 0 Å². The van der Waals surface area contributed by atoms with E-state index in [0.717, 1.165) is 26.9 Å². The number of nitrogens with zero attached hydrogens (tertiary/aromatic N) is 7. The summed E-state index contributed by atoms with van der Waals surface area (Å²) in [5, 5.41) is 0. The first-order valence-electron chi connectivity index (χ1n) is 13.8. The van der Waals surface area contributed by atoms with Crippen molar-refractivity contribution in [3.8, 4) is 34.2 Å². The van der Waals surface area contributed by atoms with Gasteiger partial charge in [-0.2, -0.15) is 19.9 Å². The minimum Gasteiger partial charge on any atom is -0.246 e. The Bertz CT molecular complexity index is 1890. The number of halogens is 1. The normalized spacial score (nSPS) is 11.2. The molecule has 0 atom stereocenters. The quantitative estimate of drug-likeness (QED) is 0.147. The van der Waals surface area contributed by atoms with E-state index in [1.54, 1.807) is 12.2 Å². The van der Waals surface area contributed by atoms with Gasteiger partial charge in [-0.15, -0.1) is 0 Å². The smallest absolute Gasteiger partial charge is 0.241 e. The second-order valence-corrected chi connectivity index (χ2v) is 10.5. The number of anilines is 3. The Morgan fingerprint density at radius 2 is 1.00 bits per heavy atom. The molecule has 7 nitrogen and oxygen atoms in total. The molecule has 0 unspecified atom stereocenters. The molecule has 2 aromatic heterocycles. The summed E-state index contributed by atoms with van der Waals surface area (Å²) in [6, 6.07) is 37.2. The molecular weight excluding hydrogens is 610 g/mol. The van der Waals surface area contributed by atoms with Crippen molar-refractivity contribution < 1.29 is 0 Å². The zero-order valence-corrected chi connectivity index (χ0v) is 25.2. The SMILES string of the molecule is C=C/C=C(\C=C)c1nc(-c2ccccc2)nc(N(c2ccc(Br)cc2)c2nc(-c3ccccc3)nc(-c3ccccc3)n2)n1. The molecule has 0 aliphatic heterocycles. The van der Waals surface area contributed by atoms with Crippen LogP contribution in [-0.4, -0.2) is 29.9 Å². The van der Waals surface area contributed by atoms with E-state index in [1.165, 1.54) is 0 Å². The minimum absolute atomic E-state index is 0.331. The van der Waals surface area contributed by atoms with Crippen LogP contribution < -0.4 is 4.90 Å². The van der Waals surface area contributed by atoms with Gasteiger partial charge in [0.15, 0.2) is 23.3 Å². The van der Waals surface area contributed by atoms with Gasteiger partial charge in [-0.3, -0.25) is 0 Å². The molecule has 0 amide bonds. The van der Waals surface area contributed by atoms with E-state index in [2.05, 4.69) is 29.1 Å². The van der Waals surface area contributed by atoms with Crippen molar-refractivity contribution in [2.75, 3.05) is 4.90 Å². The van der Waals surface area contributed by atoms with Crippen LogP contribution in [0.2, 0.25) is 0 Å². The van der Waals surface area contributed by atoms with Crippen LogP contribution in [0.15, 0.2) is 151 Å². The number of hydrogen-bond donors (Lipinski definition) is 0. The van der Waals surface area contributed by atoms with Crippen molar-refractivity contribution in [1.29, 1.82) is 0 Å². The molecule has 0 spiro atoms. The summed E-state index contributed by atoms with van der Waals surface area (Å²) >= 11 is 3.56. The Morgan fingerprint density at radius 1 is 0.545 bits per heavy atom. The summed E-state index contributed by atoms with van der Waals surface area (Å²) in [5.41, 5.74) is 3.99. The van der Waals surface area contributed by atoms with E-state index >= 15 is 0 Å². The molecule has 0 saturated carbocycles. The molecule has 0 aliphatic carbocycles. The largest absolute Gasteiger partial charge is 0.246 e. The lowest BCUT2D eigenvalue weighted by molar-refractivity contribution is 0.950. The highest BCUT2D eigenvalue weighted by Gasteiger charge is 2.24. The lowest BCUT2D eigenvalue weighted by Gasteiger charge is -2.23. The van der Waals surface area contributed by atoms with Crippen molar-refractivity contribution >= 4 is 39.1 Å². The zero-order chi connectivity index (χ0) is 30.3. The van der Waals surface area contributed by atoms with Gasteiger partial charge in [0.05, 0.1) is 5.69 Å². The summed E-state index contributed by atoms with van der Waals surface area (Å²) in [6.45, 7) is 7.84. The fraction of sp³-hybridized carbons (Fsp3) is 0. The molecule has 0 saturated heterocycles. The molecule has 0 N–H and O–H groups in total. The predicted molar refractivity (Wildman–Crippen MR) is 180 cm³/mol. The van der Waals surface area contributed by atoms with Gasteiger partial charge < -0.3 is 0 Å². The summed E-state index contributed by atoms with van der Waals surface area (Å²) in [6.07, 6.45) is 5.19. The third kappa shape index (κ3) is 6.25. The average molecular weight is 637 g/mol. The maximum atomic E-state index is 4.98. The molecule has 0 bridgehead atoms. The van der Waals surface area contributed by atoms with Crippen LogP contribution in [0.4, 0.5) is 17.6 Å². The first-order valence-corrected chi connectivity index (χ1v) is 14.6. The molecule has 6 aromatic rings. The molecule has 0 fully saturated rings. The van der Waals surface area contributed by atoms with E-state index in [0.29, 0.717) is 40.8 Å². The fourth-order valence-corrected chi connectivity index (χ4v) is 4.74. The zero-order valence-electron chi connectivity index (χ0n) is 23.6. The van der Waals surface area contributed by atoms with Gasteiger partial charge in [0.2, 0.25) is 11.9 Å². The molecule has 212 valence electrons. The van der Waals surface area contributed by atoms with Gasteiger partial charge in [-0.25, -0.2) is 14.9 Å². The van der Waals surface area contributed by atoms with E-state index in [9.17, 15) is 0 Å². The van der Waals surface area contributed by atoms with Crippen LogP contribution in [0.3, 0.4) is 0 Å². The minimum atomic E-state index is 0.331. The van der Waals surface area contributed by atoms with Gasteiger partial charge >= 0.3 is 0 Å². The topological polar surface area (TPSA) is 80.6 Å². The molecule has 8 heteroatoms. The third-order valence-corrected chi connectivity index (χ3v) is 7.13. The monoisotopic (exact) mass is 635 g/mol. The molecule has 0 radical (unpaired) electrons. The van der Waals surface area contributed by atoms with Crippen molar-refractivity contribution in [2.24, 2.45) is 0 Å². The van der Waals surface area contributed by atoms with Gasteiger partial charge in [0.25, 0.3) is 0 Å². The second kappa shape index (κ2) is 13.1. The van der Waals surface area contributed by atoms with Crippen molar-refractivity contribution in [3.05, 3.63) is 157 Å². The molecule has 4 aromatic carbocycles. The van der Waals surface area contributed by atoms with Crippen LogP contribution in [0.5, 0.6) is 0 Å². The molecule has 44 heavy (non-hydrogen) atoms. The Kier molecular flexibility index (Phi) is 8.52. The number of hydrogen-bond acceptors (Lipinski definition) is 7. The van der Waals surface area contributed by atoms with E-state index in [4.69, 9.17) is 29.9 Å². The van der Waals surface area contributed by atoms with Gasteiger partial charge in [0.1, 0.15) is 0 Å². The van der Waals surface area contributed by atoms with Crippen LogP contribution in [-0.2, 0) is 0 Å². The van der Waals surface area contributed by atoms with E-state index in [1.807, 2.05) is 126 Å². The lowest BCUT2D eigenvalue weighted by atomic mass is 10.2. The highest BCUT2D eigenvalue weighted by molar-refractivity contribution is 9.10. The number of allylic oxidation sites excluding steroid dienone is 4. The summed E-state index contributed by atoms with van der Waals surface area (Å²) in [5.74, 6) is 2.65. The number of aromatic nitrogens is 6. The summed E-state index contributed by atoms with van der Waals surface area (Å²) in [4.78, 5) is 31.3. The third-order valence-electron chi connectivity index (χ3n) is 6.60. The molecule has 6 rings (SSSR count). The fourth-order valence-electron chi connectivity index (χ4n) is 4.48. The van der Waals surface area contributed by atoms with Crippen molar-refractivity contribution in [2.45, 2.75) is 0 Å². The first kappa shape index (κ1) is 28.5. The first-order chi connectivity index (χ1) is 21.6. The highest BCUT2D eigenvalue weighted by Crippen LogP contribution is 2.34.